The summed E-state index contributed by atoms with van der Waals surface area (Å²) in [5.74, 6) is 1.57. The average molecular weight is 290 g/mol. The molecule has 1 saturated heterocycles. The van der Waals surface area contributed by atoms with Gasteiger partial charge in [0, 0.05) is 18.2 Å². The summed E-state index contributed by atoms with van der Waals surface area (Å²) in [5, 5.41) is 0. The number of hydrogen-bond donors (Lipinski definition) is 1. The minimum Gasteiger partial charge on any atom is -0.326 e. The van der Waals surface area contributed by atoms with Crippen LogP contribution in [0, 0.1) is 17.7 Å². The van der Waals surface area contributed by atoms with Crippen LogP contribution in [0.2, 0.25) is 0 Å². The van der Waals surface area contributed by atoms with E-state index in [2.05, 4.69) is 4.90 Å². The third kappa shape index (κ3) is 3.14. The molecule has 0 radical (unpaired) electrons. The van der Waals surface area contributed by atoms with Crippen molar-refractivity contribution in [1.82, 2.24) is 4.90 Å². The zero-order valence-corrected chi connectivity index (χ0v) is 13.0. The minimum atomic E-state index is -0.120. The van der Waals surface area contributed by atoms with Crippen molar-refractivity contribution in [2.24, 2.45) is 17.6 Å². The van der Waals surface area contributed by atoms with Crippen molar-refractivity contribution in [2.75, 3.05) is 13.1 Å². The molecular weight excluding hydrogens is 263 g/mol. The van der Waals surface area contributed by atoms with Crippen molar-refractivity contribution in [2.45, 2.75) is 51.1 Å². The third-order valence-corrected chi connectivity index (χ3v) is 5.44. The molecule has 0 aromatic heterocycles. The molecule has 1 aliphatic heterocycles. The summed E-state index contributed by atoms with van der Waals surface area (Å²) in [4.78, 5) is 2.44. The van der Waals surface area contributed by atoms with Crippen LogP contribution in [-0.2, 0) is 0 Å². The van der Waals surface area contributed by atoms with Crippen LogP contribution in [0.25, 0.3) is 0 Å². The summed E-state index contributed by atoms with van der Waals surface area (Å²) < 4.78 is 14.2. The van der Waals surface area contributed by atoms with E-state index in [0.29, 0.717) is 0 Å². The molecule has 0 spiro atoms. The van der Waals surface area contributed by atoms with Gasteiger partial charge in [-0.2, -0.15) is 0 Å². The first-order valence-electron chi connectivity index (χ1n) is 8.41. The van der Waals surface area contributed by atoms with E-state index in [0.717, 1.165) is 30.5 Å². The van der Waals surface area contributed by atoms with Gasteiger partial charge in [-0.05, 0) is 44.2 Å². The number of piperidine rings is 1. The first-order valence-corrected chi connectivity index (χ1v) is 8.41. The molecule has 0 bridgehead atoms. The molecule has 2 fully saturated rings. The summed E-state index contributed by atoms with van der Waals surface area (Å²) in [6, 6.07) is 7.08. The molecule has 2 N–H and O–H groups in total. The number of hydrogen-bond acceptors (Lipinski definition) is 2. The summed E-state index contributed by atoms with van der Waals surface area (Å²) in [7, 11) is 0. The van der Waals surface area contributed by atoms with Gasteiger partial charge in [-0.3, -0.25) is 4.90 Å². The van der Waals surface area contributed by atoms with E-state index in [4.69, 9.17) is 5.73 Å². The van der Waals surface area contributed by atoms with Crippen LogP contribution >= 0.6 is 0 Å². The van der Waals surface area contributed by atoms with Gasteiger partial charge in [0.05, 0.1) is 6.04 Å². The molecule has 116 valence electrons. The zero-order chi connectivity index (χ0) is 14.8. The van der Waals surface area contributed by atoms with E-state index in [1.165, 1.54) is 32.1 Å². The van der Waals surface area contributed by atoms with Crippen LogP contribution in [0.1, 0.15) is 50.6 Å². The van der Waals surface area contributed by atoms with E-state index in [-0.39, 0.29) is 17.9 Å². The highest BCUT2D eigenvalue weighted by molar-refractivity contribution is 5.23. The SMILES string of the molecule is CC(N)C(c1ccccc1F)N1CCC2CCCCC2C1. The van der Waals surface area contributed by atoms with Crippen molar-refractivity contribution in [1.29, 1.82) is 0 Å². The van der Waals surface area contributed by atoms with Gasteiger partial charge in [-0.15, -0.1) is 0 Å². The highest BCUT2D eigenvalue weighted by atomic mass is 19.1. The van der Waals surface area contributed by atoms with E-state index >= 15 is 0 Å². The molecule has 3 heteroatoms. The summed E-state index contributed by atoms with van der Waals surface area (Å²) >= 11 is 0. The van der Waals surface area contributed by atoms with Gasteiger partial charge in [0.2, 0.25) is 0 Å². The molecule has 4 unspecified atom stereocenters. The van der Waals surface area contributed by atoms with Gasteiger partial charge in [0.15, 0.2) is 0 Å². The molecule has 21 heavy (non-hydrogen) atoms. The minimum absolute atomic E-state index is 0.00840. The molecular formula is C18H27FN2. The normalized spacial score (nSPS) is 29.7. The number of benzene rings is 1. The fraction of sp³-hybridized carbons (Fsp3) is 0.667. The predicted octanol–water partition coefficient (Wildman–Crippen LogP) is 3.73. The van der Waals surface area contributed by atoms with Crippen molar-refractivity contribution in [3.8, 4) is 0 Å². The number of likely N-dealkylation sites (tertiary alicyclic amines) is 1. The lowest BCUT2D eigenvalue weighted by Gasteiger charge is -2.45. The number of halogens is 1. The molecule has 4 atom stereocenters. The number of nitrogens with two attached hydrogens (primary N) is 1. The number of fused-ring (bicyclic) bond motifs is 1. The van der Waals surface area contributed by atoms with Crippen LogP contribution in [0.4, 0.5) is 4.39 Å². The summed E-state index contributed by atoms with van der Waals surface area (Å²) in [6.45, 7) is 4.15. The topological polar surface area (TPSA) is 29.3 Å². The Bertz CT molecular complexity index is 474. The van der Waals surface area contributed by atoms with Crippen LogP contribution < -0.4 is 5.73 Å². The maximum atomic E-state index is 14.2. The lowest BCUT2D eigenvalue weighted by molar-refractivity contribution is 0.0482. The molecule has 1 aromatic carbocycles. The van der Waals surface area contributed by atoms with E-state index in [9.17, 15) is 4.39 Å². The highest BCUT2D eigenvalue weighted by Crippen LogP contribution is 2.39. The predicted molar refractivity (Wildman–Crippen MR) is 84.4 cm³/mol. The van der Waals surface area contributed by atoms with Crippen LogP contribution in [0.3, 0.4) is 0 Å². The Kier molecular flexibility index (Phi) is 4.60. The Balaban J connectivity index is 1.80. The van der Waals surface area contributed by atoms with Gasteiger partial charge in [0.25, 0.3) is 0 Å². The molecule has 0 amide bonds. The smallest absolute Gasteiger partial charge is 0.128 e. The van der Waals surface area contributed by atoms with Gasteiger partial charge < -0.3 is 5.73 Å². The fourth-order valence-corrected chi connectivity index (χ4v) is 4.41. The Morgan fingerprint density at radius 1 is 1.14 bits per heavy atom. The van der Waals surface area contributed by atoms with E-state index in [1.807, 2.05) is 19.1 Å². The van der Waals surface area contributed by atoms with Crippen molar-refractivity contribution in [3.05, 3.63) is 35.6 Å². The monoisotopic (exact) mass is 290 g/mol. The number of rotatable bonds is 3. The molecule has 3 rings (SSSR count). The van der Waals surface area contributed by atoms with Gasteiger partial charge in [-0.25, -0.2) is 4.39 Å². The van der Waals surface area contributed by atoms with Gasteiger partial charge in [-0.1, -0.05) is 37.5 Å². The quantitative estimate of drug-likeness (QED) is 0.919. The van der Waals surface area contributed by atoms with Crippen molar-refractivity contribution < 1.29 is 4.39 Å². The fourth-order valence-electron chi connectivity index (χ4n) is 4.41. The van der Waals surface area contributed by atoms with Crippen molar-refractivity contribution >= 4 is 0 Å². The van der Waals surface area contributed by atoms with Gasteiger partial charge >= 0.3 is 0 Å². The molecule has 1 heterocycles. The lowest BCUT2D eigenvalue weighted by atomic mass is 9.74. The van der Waals surface area contributed by atoms with E-state index in [1.54, 1.807) is 12.1 Å². The van der Waals surface area contributed by atoms with Crippen LogP contribution in [0.5, 0.6) is 0 Å². The Morgan fingerprint density at radius 2 is 1.86 bits per heavy atom. The lowest BCUT2D eigenvalue weighted by Crippen LogP contribution is -2.48. The second kappa shape index (κ2) is 6.45. The second-order valence-electron chi connectivity index (χ2n) is 6.91. The van der Waals surface area contributed by atoms with E-state index < -0.39 is 0 Å². The highest BCUT2D eigenvalue weighted by Gasteiger charge is 2.36. The maximum Gasteiger partial charge on any atom is 0.128 e. The van der Waals surface area contributed by atoms with Crippen LogP contribution in [-0.4, -0.2) is 24.0 Å². The molecule has 1 saturated carbocycles. The van der Waals surface area contributed by atoms with Crippen molar-refractivity contribution in [3.63, 3.8) is 0 Å². The number of nitrogens with zero attached hydrogens (tertiary/aromatic N) is 1. The molecule has 2 nitrogen and oxygen atoms in total. The standard InChI is InChI=1S/C18H27FN2/c1-13(20)18(16-8-4-5-9-17(16)19)21-11-10-14-6-2-3-7-15(14)12-21/h4-5,8-9,13-15,18H,2-3,6-7,10-12,20H2,1H3. The second-order valence-corrected chi connectivity index (χ2v) is 6.91. The summed E-state index contributed by atoms with van der Waals surface area (Å²) in [6.07, 6.45) is 6.73. The first-order chi connectivity index (χ1) is 10.2. The Hall–Kier alpha value is -0.930. The first kappa shape index (κ1) is 15.0. The third-order valence-electron chi connectivity index (χ3n) is 5.44. The average Bonchev–Trinajstić information content (AvgIpc) is 2.49. The maximum absolute atomic E-state index is 14.2. The molecule has 1 aromatic rings. The van der Waals surface area contributed by atoms with Crippen LogP contribution in [0.15, 0.2) is 24.3 Å². The summed E-state index contributed by atoms with van der Waals surface area (Å²) in [5.41, 5.74) is 6.99. The largest absolute Gasteiger partial charge is 0.326 e. The van der Waals surface area contributed by atoms with Gasteiger partial charge in [0.1, 0.15) is 5.82 Å². The Morgan fingerprint density at radius 3 is 2.57 bits per heavy atom. The zero-order valence-electron chi connectivity index (χ0n) is 13.0. The Labute approximate surface area is 127 Å². The molecule has 2 aliphatic rings. The molecule has 1 aliphatic carbocycles.